The summed E-state index contributed by atoms with van der Waals surface area (Å²) < 4.78 is 23.2. The second-order valence-electron chi connectivity index (χ2n) is 6.54. The molecule has 0 N–H and O–H groups in total. The van der Waals surface area contributed by atoms with E-state index in [4.69, 9.17) is 21.7 Å². The molecule has 0 fully saturated rings. The molecule has 4 rings (SSSR count). The van der Waals surface area contributed by atoms with Gasteiger partial charge in [-0.1, -0.05) is 30.3 Å². The van der Waals surface area contributed by atoms with Crippen molar-refractivity contribution in [3.8, 4) is 17.3 Å². The van der Waals surface area contributed by atoms with Crippen molar-refractivity contribution in [2.75, 3.05) is 7.05 Å². The van der Waals surface area contributed by atoms with Crippen molar-refractivity contribution in [1.82, 2.24) is 19.2 Å². The summed E-state index contributed by atoms with van der Waals surface area (Å²) in [5, 5.41) is 4.69. The van der Waals surface area contributed by atoms with Gasteiger partial charge < -0.3 is 4.42 Å². The molecule has 5 nitrogen and oxygen atoms in total. The van der Waals surface area contributed by atoms with Gasteiger partial charge >= 0.3 is 0 Å². The zero-order chi connectivity index (χ0) is 19.5. The highest BCUT2D eigenvalue weighted by molar-refractivity contribution is 7.71. The molecule has 4 aromatic rings. The largest absolute Gasteiger partial charge is 0.461 e. The van der Waals surface area contributed by atoms with Crippen molar-refractivity contribution in [3.05, 3.63) is 89.1 Å². The first-order chi connectivity index (χ1) is 13.6. The summed E-state index contributed by atoms with van der Waals surface area (Å²) in [7, 11) is 1.95. The van der Waals surface area contributed by atoms with Crippen LogP contribution < -0.4 is 0 Å². The predicted octanol–water partition coefficient (Wildman–Crippen LogP) is 4.89. The molecule has 2 heterocycles. The van der Waals surface area contributed by atoms with Crippen LogP contribution in [0.1, 0.15) is 5.56 Å². The normalized spacial score (nSPS) is 11.2. The molecule has 0 aliphatic rings. The summed E-state index contributed by atoms with van der Waals surface area (Å²) in [6.07, 6.45) is 1.61. The smallest absolute Gasteiger partial charge is 0.204 e. The Bertz CT molecular complexity index is 1120. The minimum atomic E-state index is -0.240. The van der Waals surface area contributed by atoms with Crippen molar-refractivity contribution < 1.29 is 8.81 Å². The lowest BCUT2D eigenvalue weighted by Gasteiger charge is -2.16. The van der Waals surface area contributed by atoms with Crippen LogP contribution in [-0.2, 0) is 13.2 Å². The van der Waals surface area contributed by atoms with Gasteiger partial charge in [-0.05, 0) is 61.2 Å². The molecular weight excluding hydrogens is 375 g/mol. The van der Waals surface area contributed by atoms with Gasteiger partial charge in [0, 0.05) is 6.54 Å². The molecule has 0 spiro atoms. The highest BCUT2D eigenvalue weighted by Gasteiger charge is 2.17. The van der Waals surface area contributed by atoms with Crippen molar-refractivity contribution in [3.63, 3.8) is 0 Å². The van der Waals surface area contributed by atoms with Crippen molar-refractivity contribution in [2.24, 2.45) is 0 Å². The number of hydrogen-bond donors (Lipinski definition) is 0. The molecule has 0 amide bonds. The first-order valence-electron chi connectivity index (χ1n) is 8.84. The van der Waals surface area contributed by atoms with Gasteiger partial charge in [0.1, 0.15) is 5.82 Å². The van der Waals surface area contributed by atoms with Crippen LogP contribution in [0.2, 0.25) is 0 Å². The number of hydrogen-bond acceptors (Lipinski definition) is 4. The summed E-state index contributed by atoms with van der Waals surface area (Å²) in [4.78, 5) is 2.03. The quantitative estimate of drug-likeness (QED) is 0.437. The lowest BCUT2D eigenvalue weighted by Crippen LogP contribution is -2.22. The van der Waals surface area contributed by atoms with E-state index < -0.39 is 0 Å². The Morgan fingerprint density at radius 3 is 2.61 bits per heavy atom. The monoisotopic (exact) mass is 394 g/mol. The first-order valence-corrected chi connectivity index (χ1v) is 9.25. The Morgan fingerprint density at radius 1 is 1.07 bits per heavy atom. The molecule has 0 radical (unpaired) electrons. The number of nitrogens with zero attached hydrogens (tertiary/aromatic N) is 4. The van der Waals surface area contributed by atoms with E-state index in [9.17, 15) is 4.39 Å². The zero-order valence-corrected chi connectivity index (χ0v) is 16.1. The maximum atomic E-state index is 13.4. The van der Waals surface area contributed by atoms with Crippen molar-refractivity contribution in [1.29, 1.82) is 0 Å². The van der Waals surface area contributed by atoms with Crippen LogP contribution in [0.3, 0.4) is 0 Å². The van der Waals surface area contributed by atoms with E-state index in [1.807, 2.05) is 65.0 Å². The van der Waals surface area contributed by atoms with Gasteiger partial charge in [-0.2, -0.15) is 0 Å². The van der Waals surface area contributed by atoms with Crippen LogP contribution in [-0.4, -0.2) is 26.3 Å². The van der Waals surface area contributed by atoms with Gasteiger partial charge in [-0.25, -0.2) is 9.07 Å². The standard InChI is InChI=1S/C21H19FN4OS/c1-24(14-16-7-5-8-17(22)13-16)15-25-21(28)26(18-9-3-2-4-10-18)20(23-25)19-11-6-12-27-19/h2-13H,14-15H2,1H3. The van der Waals surface area contributed by atoms with E-state index >= 15 is 0 Å². The summed E-state index contributed by atoms with van der Waals surface area (Å²) in [6, 6.07) is 20.1. The Kier molecular flexibility index (Phi) is 5.18. The highest BCUT2D eigenvalue weighted by atomic mass is 32.1. The fourth-order valence-electron chi connectivity index (χ4n) is 3.10. The average Bonchev–Trinajstić information content (AvgIpc) is 3.31. The van der Waals surface area contributed by atoms with Gasteiger partial charge in [0.25, 0.3) is 0 Å². The molecule has 142 valence electrons. The van der Waals surface area contributed by atoms with Gasteiger partial charge in [-0.15, -0.1) is 5.10 Å². The van der Waals surface area contributed by atoms with Gasteiger partial charge in [-0.3, -0.25) is 9.47 Å². The van der Waals surface area contributed by atoms with Crippen LogP contribution >= 0.6 is 12.2 Å². The van der Waals surface area contributed by atoms with Crippen LogP contribution in [0.4, 0.5) is 4.39 Å². The Balaban J connectivity index is 1.67. The van der Waals surface area contributed by atoms with Gasteiger partial charge in [0.15, 0.2) is 5.76 Å². The van der Waals surface area contributed by atoms with Crippen molar-refractivity contribution in [2.45, 2.75) is 13.2 Å². The van der Waals surface area contributed by atoms with E-state index in [2.05, 4.69) is 0 Å². The summed E-state index contributed by atoms with van der Waals surface area (Å²) in [5.41, 5.74) is 1.81. The number of rotatable bonds is 6. The maximum Gasteiger partial charge on any atom is 0.204 e. The number of aromatic nitrogens is 3. The number of para-hydroxylation sites is 1. The third-order valence-corrected chi connectivity index (χ3v) is 4.71. The van der Waals surface area contributed by atoms with E-state index in [-0.39, 0.29) is 5.82 Å². The molecule has 0 aliphatic carbocycles. The molecule has 7 heteroatoms. The number of benzene rings is 2. The lowest BCUT2D eigenvalue weighted by atomic mass is 10.2. The molecule has 0 saturated carbocycles. The fraction of sp³-hybridized carbons (Fsp3) is 0.143. The Labute approximate surface area is 167 Å². The van der Waals surface area contributed by atoms with Crippen LogP contribution in [0.25, 0.3) is 17.3 Å². The summed E-state index contributed by atoms with van der Waals surface area (Å²) in [5.74, 6) is 1.04. The third-order valence-electron chi connectivity index (χ3n) is 4.31. The molecular formula is C21H19FN4OS. The van der Waals surface area contributed by atoms with E-state index in [1.165, 1.54) is 12.1 Å². The number of halogens is 1. The van der Waals surface area contributed by atoms with Gasteiger partial charge in [0.05, 0.1) is 18.6 Å². The fourth-order valence-corrected chi connectivity index (χ4v) is 3.39. The minimum Gasteiger partial charge on any atom is -0.461 e. The third kappa shape index (κ3) is 3.81. The summed E-state index contributed by atoms with van der Waals surface area (Å²) in [6.45, 7) is 1.04. The Morgan fingerprint density at radius 2 is 1.89 bits per heavy atom. The molecule has 0 aliphatic heterocycles. The SMILES string of the molecule is CN(Cc1cccc(F)c1)Cn1nc(-c2ccco2)n(-c2ccccc2)c1=S. The maximum absolute atomic E-state index is 13.4. The van der Waals surface area contributed by atoms with E-state index in [0.29, 0.717) is 29.6 Å². The van der Waals surface area contributed by atoms with E-state index in [0.717, 1.165) is 11.3 Å². The molecule has 0 saturated heterocycles. The molecule has 0 bridgehead atoms. The average molecular weight is 394 g/mol. The van der Waals surface area contributed by atoms with E-state index in [1.54, 1.807) is 17.0 Å². The van der Waals surface area contributed by atoms with Crippen molar-refractivity contribution >= 4 is 12.2 Å². The highest BCUT2D eigenvalue weighted by Crippen LogP contribution is 2.23. The zero-order valence-electron chi connectivity index (χ0n) is 15.3. The molecule has 2 aromatic carbocycles. The van der Waals surface area contributed by atoms with Crippen LogP contribution in [0.5, 0.6) is 0 Å². The minimum absolute atomic E-state index is 0.240. The number of furan rings is 1. The Hall–Kier alpha value is -3.03. The second kappa shape index (κ2) is 7.92. The first kappa shape index (κ1) is 18.3. The lowest BCUT2D eigenvalue weighted by molar-refractivity contribution is 0.244. The molecule has 28 heavy (non-hydrogen) atoms. The second-order valence-corrected chi connectivity index (χ2v) is 6.90. The molecule has 0 atom stereocenters. The molecule has 2 aromatic heterocycles. The molecule has 0 unspecified atom stereocenters. The predicted molar refractivity (Wildman–Crippen MR) is 108 cm³/mol. The van der Waals surface area contributed by atoms with Crippen LogP contribution in [0.15, 0.2) is 77.4 Å². The topological polar surface area (TPSA) is 39.1 Å². The van der Waals surface area contributed by atoms with Gasteiger partial charge in [0.2, 0.25) is 10.6 Å². The summed E-state index contributed by atoms with van der Waals surface area (Å²) >= 11 is 5.71. The van der Waals surface area contributed by atoms with Crippen LogP contribution in [0, 0.1) is 10.6 Å².